The van der Waals surface area contributed by atoms with Crippen molar-refractivity contribution in [2.75, 3.05) is 6.54 Å². The zero-order valence-electron chi connectivity index (χ0n) is 16.0. The topological polar surface area (TPSA) is 58.2 Å². The Morgan fingerprint density at radius 3 is 1.74 bits per heavy atom. The molecule has 2 aromatic rings. The van der Waals surface area contributed by atoms with Gasteiger partial charge in [0.2, 0.25) is 11.8 Å². The van der Waals surface area contributed by atoms with Crippen molar-refractivity contribution in [3.05, 3.63) is 82.9 Å². The summed E-state index contributed by atoms with van der Waals surface area (Å²) in [5.41, 5.74) is 4.30. The van der Waals surface area contributed by atoms with E-state index in [1.807, 2.05) is 69.3 Å². The Kier molecular flexibility index (Phi) is 7.56. The second-order valence-electron chi connectivity index (χ2n) is 6.64. The van der Waals surface area contributed by atoms with Gasteiger partial charge in [-0.25, -0.2) is 0 Å². The minimum atomic E-state index is -0.188. The number of nitrogens with one attached hydrogen (secondary N) is 2. The van der Waals surface area contributed by atoms with Crippen LogP contribution in [0.2, 0.25) is 0 Å². The lowest BCUT2D eigenvalue weighted by Gasteiger charge is -2.12. The van der Waals surface area contributed by atoms with Crippen molar-refractivity contribution >= 4 is 24.0 Å². The van der Waals surface area contributed by atoms with Gasteiger partial charge >= 0.3 is 0 Å². The van der Waals surface area contributed by atoms with Crippen LogP contribution in [0.3, 0.4) is 0 Å². The zero-order chi connectivity index (χ0) is 19.6. The number of benzene rings is 2. The average Bonchev–Trinajstić information content (AvgIpc) is 2.65. The van der Waals surface area contributed by atoms with E-state index >= 15 is 0 Å². The summed E-state index contributed by atoms with van der Waals surface area (Å²) < 4.78 is 0. The second-order valence-corrected chi connectivity index (χ2v) is 6.64. The maximum Gasteiger partial charge on any atom is 0.244 e. The summed E-state index contributed by atoms with van der Waals surface area (Å²) in [6.45, 7) is 6.25. The highest BCUT2D eigenvalue weighted by Gasteiger charge is 2.05. The van der Waals surface area contributed by atoms with Crippen molar-refractivity contribution in [1.29, 1.82) is 0 Å². The summed E-state index contributed by atoms with van der Waals surface area (Å²) in [5, 5.41) is 5.62. The highest BCUT2D eigenvalue weighted by Crippen LogP contribution is 2.05. The van der Waals surface area contributed by atoms with Crippen molar-refractivity contribution in [3.63, 3.8) is 0 Å². The van der Waals surface area contributed by atoms with Gasteiger partial charge in [0.1, 0.15) is 0 Å². The number of amides is 2. The van der Waals surface area contributed by atoms with E-state index in [0.29, 0.717) is 6.54 Å². The summed E-state index contributed by atoms with van der Waals surface area (Å²) in [7, 11) is 0. The first kappa shape index (κ1) is 20.2. The molecule has 2 aromatic carbocycles. The van der Waals surface area contributed by atoms with E-state index in [2.05, 4.69) is 10.6 Å². The smallest absolute Gasteiger partial charge is 0.244 e. The molecule has 4 heteroatoms. The number of hydrogen-bond donors (Lipinski definition) is 2. The highest BCUT2D eigenvalue weighted by atomic mass is 16.2. The number of carbonyl (C=O) groups is 2. The summed E-state index contributed by atoms with van der Waals surface area (Å²) in [4.78, 5) is 23.8. The third-order valence-electron chi connectivity index (χ3n) is 3.98. The minimum absolute atomic E-state index is 0.170. The number of hydrogen-bond acceptors (Lipinski definition) is 2. The highest BCUT2D eigenvalue weighted by molar-refractivity contribution is 5.93. The fourth-order valence-corrected chi connectivity index (χ4v) is 2.35. The normalized spacial score (nSPS) is 12.3. The molecule has 27 heavy (non-hydrogen) atoms. The molecule has 0 aromatic heterocycles. The van der Waals surface area contributed by atoms with Crippen LogP contribution in [0, 0.1) is 13.8 Å². The SMILES string of the molecule is Cc1ccc(/C=C/C(=O)NCC(C)NC(=O)/C=C/c2ccc(C)cc2)cc1. The molecule has 1 unspecified atom stereocenters. The molecule has 0 aliphatic heterocycles. The van der Waals surface area contributed by atoms with Crippen molar-refractivity contribution in [3.8, 4) is 0 Å². The molecular weight excluding hydrogens is 336 g/mol. The minimum Gasteiger partial charge on any atom is -0.351 e. The van der Waals surface area contributed by atoms with Gasteiger partial charge in [0, 0.05) is 24.7 Å². The monoisotopic (exact) mass is 362 g/mol. The Balaban J connectivity index is 1.73. The molecule has 0 heterocycles. The number of rotatable bonds is 7. The average molecular weight is 362 g/mol. The standard InChI is InChI=1S/C23H26N2O2/c1-17-4-8-20(9-5-17)12-14-22(26)24-16-19(3)25-23(27)15-13-21-10-6-18(2)7-11-21/h4-15,19H,16H2,1-3H3,(H,24,26)(H,25,27)/b14-12+,15-13+. The first-order chi connectivity index (χ1) is 12.9. The van der Waals surface area contributed by atoms with Crippen LogP contribution in [0.5, 0.6) is 0 Å². The second kappa shape index (κ2) is 10.1. The van der Waals surface area contributed by atoms with E-state index in [0.717, 1.165) is 11.1 Å². The molecule has 2 amide bonds. The predicted octanol–water partition coefficient (Wildman–Crippen LogP) is 3.65. The van der Waals surface area contributed by atoms with Gasteiger partial charge in [-0.3, -0.25) is 9.59 Å². The lowest BCUT2D eigenvalue weighted by molar-refractivity contribution is -0.118. The Hall–Kier alpha value is -3.14. The van der Waals surface area contributed by atoms with Crippen molar-refractivity contribution in [2.45, 2.75) is 26.8 Å². The molecule has 0 fully saturated rings. The van der Waals surface area contributed by atoms with Crippen LogP contribution in [0.4, 0.5) is 0 Å². The predicted molar refractivity (Wildman–Crippen MR) is 111 cm³/mol. The first-order valence-corrected chi connectivity index (χ1v) is 9.00. The third-order valence-corrected chi connectivity index (χ3v) is 3.98. The summed E-state index contributed by atoms with van der Waals surface area (Å²) >= 11 is 0. The fourth-order valence-electron chi connectivity index (χ4n) is 2.35. The van der Waals surface area contributed by atoms with Gasteiger partial charge in [-0.05, 0) is 44.1 Å². The molecule has 4 nitrogen and oxygen atoms in total. The molecule has 0 saturated heterocycles. The molecule has 0 aliphatic carbocycles. The Morgan fingerprint density at radius 1 is 0.815 bits per heavy atom. The van der Waals surface area contributed by atoms with Crippen LogP contribution >= 0.6 is 0 Å². The van der Waals surface area contributed by atoms with Crippen LogP contribution in [0.1, 0.15) is 29.2 Å². The Bertz CT molecular complexity index is 818. The maximum absolute atomic E-state index is 12.0. The van der Waals surface area contributed by atoms with Crippen molar-refractivity contribution in [1.82, 2.24) is 10.6 Å². The van der Waals surface area contributed by atoms with Gasteiger partial charge in [0.05, 0.1) is 0 Å². The summed E-state index contributed by atoms with van der Waals surface area (Å²) in [6, 6.07) is 15.7. The van der Waals surface area contributed by atoms with E-state index in [1.165, 1.54) is 23.3 Å². The van der Waals surface area contributed by atoms with Gasteiger partial charge < -0.3 is 10.6 Å². The summed E-state index contributed by atoms with van der Waals surface area (Å²) in [6.07, 6.45) is 6.53. The van der Waals surface area contributed by atoms with E-state index in [9.17, 15) is 9.59 Å². The van der Waals surface area contributed by atoms with Gasteiger partial charge in [-0.1, -0.05) is 59.7 Å². The van der Waals surface area contributed by atoms with Crippen LogP contribution in [0.25, 0.3) is 12.2 Å². The fraction of sp³-hybridized carbons (Fsp3) is 0.217. The van der Waals surface area contributed by atoms with Crippen molar-refractivity contribution < 1.29 is 9.59 Å². The molecular formula is C23H26N2O2. The molecule has 1 atom stereocenters. The third kappa shape index (κ3) is 7.74. The molecule has 140 valence electrons. The quantitative estimate of drug-likeness (QED) is 0.739. The molecule has 0 spiro atoms. The van der Waals surface area contributed by atoms with Crippen LogP contribution in [0.15, 0.2) is 60.7 Å². The maximum atomic E-state index is 12.0. The van der Waals surface area contributed by atoms with E-state index in [1.54, 1.807) is 12.2 Å². The molecule has 0 aliphatic rings. The van der Waals surface area contributed by atoms with E-state index in [4.69, 9.17) is 0 Å². The molecule has 2 N–H and O–H groups in total. The first-order valence-electron chi connectivity index (χ1n) is 9.00. The van der Waals surface area contributed by atoms with Crippen molar-refractivity contribution in [2.24, 2.45) is 0 Å². The molecule has 0 radical (unpaired) electrons. The molecule has 0 saturated carbocycles. The number of aryl methyl sites for hydroxylation is 2. The van der Waals surface area contributed by atoms with Crippen LogP contribution < -0.4 is 10.6 Å². The number of carbonyl (C=O) groups excluding carboxylic acids is 2. The van der Waals surface area contributed by atoms with Crippen LogP contribution in [-0.4, -0.2) is 24.4 Å². The Morgan fingerprint density at radius 2 is 1.26 bits per heavy atom. The lowest BCUT2D eigenvalue weighted by Crippen LogP contribution is -2.40. The van der Waals surface area contributed by atoms with Gasteiger partial charge in [0.15, 0.2) is 0 Å². The Labute approximate surface area is 161 Å². The molecule has 0 bridgehead atoms. The zero-order valence-corrected chi connectivity index (χ0v) is 16.0. The van der Waals surface area contributed by atoms with Gasteiger partial charge in [-0.15, -0.1) is 0 Å². The van der Waals surface area contributed by atoms with E-state index in [-0.39, 0.29) is 17.9 Å². The largest absolute Gasteiger partial charge is 0.351 e. The molecule has 2 rings (SSSR count). The van der Waals surface area contributed by atoms with Gasteiger partial charge in [0.25, 0.3) is 0 Å². The van der Waals surface area contributed by atoms with Crippen LogP contribution in [-0.2, 0) is 9.59 Å². The van der Waals surface area contributed by atoms with E-state index < -0.39 is 0 Å². The van der Waals surface area contributed by atoms with Gasteiger partial charge in [-0.2, -0.15) is 0 Å². The lowest BCUT2D eigenvalue weighted by atomic mass is 10.1. The summed E-state index contributed by atoms with van der Waals surface area (Å²) in [5.74, 6) is -0.376.